The third-order valence-corrected chi connectivity index (χ3v) is 7.19. The van der Waals surface area contributed by atoms with Crippen molar-refractivity contribution in [2.45, 2.75) is 43.9 Å². The molecule has 0 amide bonds. The van der Waals surface area contributed by atoms with Crippen molar-refractivity contribution in [1.82, 2.24) is 5.32 Å². The van der Waals surface area contributed by atoms with E-state index in [1.165, 1.54) is 0 Å². The van der Waals surface area contributed by atoms with E-state index in [9.17, 15) is 8.42 Å². The van der Waals surface area contributed by atoms with E-state index in [0.717, 1.165) is 35.8 Å². The summed E-state index contributed by atoms with van der Waals surface area (Å²) in [5.41, 5.74) is 0.992. The maximum atomic E-state index is 12.3. The highest BCUT2D eigenvalue weighted by Crippen LogP contribution is 2.27. The summed E-state index contributed by atoms with van der Waals surface area (Å²) in [5.74, 6) is 0.313. The minimum atomic E-state index is -3.00. The standard InChI is InChI=1S/C15H21BrClNO2S/c1-2-18-14(15-5-3-4-8-21(15,19)20)9-11-6-7-12(16)10-13(11)17/h6-7,10,14-15,18H,2-5,8-9H2,1H3. The van der Waals surface area contributed by atoms with Crippen LogP contribution in [0.4, 0.5) is 0 Å². The third kappa shape index (κ3) is 4.44. The molecule has 118 valence electrons. The predicted molar refractivity (Wildman–Crippen MR) is 91.7 cm³/mol. The summed E-state index contributed by atoms with van der Waals surface area (Å²) in [6.45, 7) is 2.76. The number of sulfone groups is 1. The topological polar surface area (TPSA) is 46.2 Å². The molecule has 1 aromatic rings. The van der Waals surface area contributed by atoms with Crippen molar-refractivity contribution in [2.75, 3.05) is 12.3 Å². The summed E-state index contributed by atoms with van der Waals surface area (Å²) in [5, 5.41) is 3.73. The first-order chi connectivity index (χ1) is 9.94. The van der Waals surface area contributed by atoms with E-state index >= 15 is 0 Å². The van der Waals surface area contributed by atoms with E-state index in [0.29, 0.717) is 17.2 Å². The van der Waals surface area contributed by atoms with E-state index in [2.05, 4.69) is 21.2 Å². The van der Waals surface area contributed by atoms with Gasteiger partial charge in [-0.3, -0.25) is 0 Å². The molecule has 1 heterocycles. The molecule has 0 saturated carbocycles. The van der Waals surface area contributed by atoms with E-state index in [1.54, 1.807) is 0 Å². The zero-order valence-corrected chi connectivity index (χ0v) is 15.3. The highest BCUT2D eigenvalue weighted by molar-refractivity contribution is 9.10. The number of hydrogen-bond acceptors (Lipinski definition) is 3. The van der Waals surface area contributed by atoms with Crippen LogP contribution in [0, 0.1) is 0 Å². The minimum absolute atomic E-state index is 0.0704. The molecule has 1 N–H and O–H groups in total. The molecule has 0 aromatic heterocycles. The average molecular weight is 395 g/mol. The van der Waals surface area contributed by atoms with Crippen LogP contribution in [0.2, 0.25) is 5.02 Å². The molecule has 1 aliphatic rings. The second-order valence-electron chi connectivity index (χ2n) is 5.51. The van der Waals surface area contributed by atoms with Gasteiger partial charge in [0, 0.05) is 15.5 Å². The van der Waals surface area contributed by atoms with Crippen molar-refractivity contribution in [3.05, 3.63) is 33.3 Å². The number of halogens is 2. The number of hydrogen-bond donors (Lipinski definition) is 1. The quantitative estimate of drug-likeness (QED) is 0.830. The number of likely N-dealkylation sites (N-methyl/N-ethyl adjacent to an activating group) is 1. The lowest BCUT2D eigenvalue weighted by molar-refractivity contribution is 0.441. The van der Waals surface area contributed by atoms with Crippen LogP contribution in [0.5, 0.6) is 0 Å². The smallest absolute Gasteiger partial charge is 0.154 e. The molecule has 1 fully saturated rings. The molecule has 3 nitrogen and oxygen atoms in total. The molecular weight excluding hydrogens is 374 g/mol. The fourth-order valence-electron chi connectivity index (χ4n) is 2.95. The van der Waals surface area contributed by atoms with Crippen LogP contribution in [0.25, 0.3) is 0 Å². The van der Waals surface area contributed by atoms with E-state index in [-0.39, 0.29) is 11.3 Å². The Bertz CT molecular complexity index is 591. The summed E-state index contributed by atoms with van der Waals surface area (Å²) >= 11 is 9.67. The molecule has 2 unspecified atom stereocenters. The Morgan fingerprint density at radius 2 is 2.19 bits per heavy atom. The lowest BCUT2D eigenvalue weighted by Crippen LogP contribution is -2.47. The van der Waals surface area contributed by atoms with Gasteiger partial charge < -0.3 is 5.32 Å². The molecule has 2 atom stereocenters. The Kier molecular flexibility index (Phi) is 6.12. The first-order valence-corrected chi connectivity index (χ1v) is 10.2. The molecular formula is C15H21BrClNO2S. The molecule has 1 aromatic carbocycles. The highest BCUT2D eigenvalue weighted by Gasteiger charge is 2.35. The zero-order chi connectivity index (χ0) is 15.5. The van der Waals surface area contributed by atoms with Gasteiger partial charge in [0.05, 0.1) is 11.0 Å². The number of nitrogens with one attached hydrogen (secondary N) is 1. The van der Waals surface area contributed by atoms with Crippen LogP contribution < -0.4 is 5.32 Å². The van der Waals surface area contributed by atoms with Gasteiger partial charge in [-0.15, -0.1) is 0 Å². The number of rotatable bonds is 5. The monoisotopic (exact) mass is 393 g/mol. The second kappa shape index (κ2) is 7.44. The molecule has 1 saturated heterocycles. The van der Waals surface area contributed by atoms with Gasteiger partial charge in [-0.1, -0.05) is 46.9 Å². The first kappa shape index (κ1) is 17.3. The molecule has 0 bridgehead atoms. The first-order valence-electron chi connectivity index (χ1n) is 7.33. The van der Waals surface area contributed by atoms with Gasteiger partial charge in [0.15, 0.2) is 9.84 Å². The van der Waals surface area contributed by atoms with Crippen molar-refractivity contribution in [1.29, 1.82) is 0 Å². The highest BCUT2D eigenvalue weighted by atomic mass is 79.9. The Balaban J connectivity index is 2.22. The normalized spacial score (nSPS) is 22.9. The van der Waals surface area contributed by atoms with Crippen LogP contribution >= 0.6 is 27.5 Å². The predicted octanol–water partition coefficient (Wildman–Crippen LogP) is 3.59. The lowest BCUT2D eigenvalue weighted by Gasteiger charge is -2.31. The second-order valence-corrected chi connectivity index (χ2v) is 9.17. The fourth-order valence-corrected chi connectivity index (χ4v) is 5.83. The molecule has 0 spiro atoms. The van der Waals surface area contributed by atoms with Crippen LogP contribution in [0.3, 0.4) is 0 Å². The van der Waals surface area contributed by atoms with E-state index in [1.807, 2.05) is 25.1 Å². The number of benzene rings is 1. The Labute approximate surface area is 140 Å². The zero-order valence-electron chi connectivity index (χ0n) is 12.1. The van der Waals surface area contributed by atoms with Crippen molar-refractivity contribution in [3.63, 3.8) is 0 Å². The maximum Gasteiger partial charge on any atom is 0.154 e. The van der Waals surface area contributed by atoms with Gasteiger partial charge in [0.25, 0.3) is 0 Å². The Morgan fingerprint density at radius 3 is 2.81 bits per heavy atom. The van der Waals surface area contributed by atoms with Crippen LogP contribution in [-0.2, 0) is 16.3 Å². The van der Waals surface area contributed by atoms with Crippen LogP contribution in [0.1, 0.15) is 31.7 Å². The summed E-state index contributed by atoms with van der Waals surface area (Å²) in [6, 6.07) is 5.69. The van der Waals surface area contributed by atoms with Crippen molar-refractivity contribution >= 4 is 37.4 Å². The van der Waals surface area contributed by atoms with Crippen molar-refractivity contribution < 1.29 is 8.42 Å². The Morgan fingerprint density at radius 1 is 1.43 bits per heavy atom. The lowest BCUT2D eigenvalue weighted by atomic mass is 9.99. The largest absolute Gasteiger partial charge is 0.313 e. The van der Waals surface area contributed by atoms with Crippen LogP contribution in [-0.4, -0.2) is 32.0 Å². The van der Waals surface area contributed by atoms with Gasteiger partial charge in [-0.2, -0.15) is 0 Å². The third-order valence-electron chi connectivity index (χ3n) is 4.00. The summed E-state index contributed by atoms with van der Waals surface area (Å²) in [4.78, 5) is 0. The van der Waals surface area contributed by atoms with E-state index < -0.39 is 9.84 Å². The van der Waals surface area contributed by atoms with Gasteiger partial charge in [0.2, 0.25) is 0 Å². The summed E-state index contributed by atoms with van der Waals surface area (Å²) < 4.78 is 25.6. The average Bonchev–Trinajstić information content (AvgIpc) is 2.41. The summed E-state index contributed by atoms with van der Waals surface area (Å²) in [6.07, 6.45) is 3.16. The van der Waals surface area contributed by atoms with Crippen molar-refractivity contribution in [3.8, 4) is 0 Å². The van der Waals surface area contributed by atoms with Crippen LogP contribution in [0.15, 0.2) is 22.7 Å². The molecule has 2 rings (SSSR count). The SMILES string of the molecule is CCNC(Cc1ccc(Br)cc1Cl)C1CCCCS1(=O)=O. The maximum absolute atomic E-state index is 12.3. The van der Waals surface area contributed by atoms with Gasteiger partial charge in [-0.25, -0.2) is 8.42 Å². The molecule has 1 aliphatic heterocycles. The minimum Gasteiger partial charge on any atom is -0.313 e. The van der Waals surface area contributed by atoms with Gasteiger partial charge in [0.1, 0.15) is 0 Å². The molecule has 6 heteroatoms. The summed E-state index contributed by atoms with van der Waals surface area (Å²) in [7, 11) is -3.00. The van der Waals surface area contributed by atoms with E-state index in [4.69, 9.17) is 11.6 Å². The molecule has 21 heavy (non-hydrogen) atoms. The Hall–Kier alpha value is -0.100. The molecule has 0 radical (unpaired) electrons. The molecule has 0 aliphatic carbocycles. The van der Waals surface area contributed by atoms with Gasteiger partial charge >= 0.3 is 0 Å². The van der Waals surface area contributed by atoms with Crippen molar-refractivity contribution in [2.24, 2.45) is 0 Å². The van der Waals surface area contributed by atoms with Gasteiger partial charge in [-0.05, 0) is 43.5 Å². The fraction of sp³-hybridized carbons (Fsp3) is 0.600.